The monoisotopic (exact) mass is 459 g/mol. The highest BCUT2D eigenvalue weighted by atomic mass is 79.9. The van der Waals surface area contributed by atoms with Gasteiger partial charge in [-0.05, 0) is 41.1 Å². The largest absolute Gasteiger partial charge is 0.315 e. The van der Waals surface area contributed by atoms with Gasteiger partial charge in [0.05, 0.1) is 10.8 Å². The highest BCUT2D eigenvalue weighted by molar-refractivity contribution is 9.10. The van der Waals surface area contributed by atoms with E-state index in [2.05, 4.69) is 44.0 Å². The minimum absolute atomic E-state index is 0.651. The Hall–Kier alpha value is -3.39. The number of aryl methyl sites for hydroxylation is 2. The molecule has 0 saturated heterocycles. The molecule has 0 amide bonds. The Bertz CT molecular complexity index is 1350. The molecule has 30 heavy (non-hydrogen) atoms. The van der Waals surface area contributed by atoms with Crippen LogP contribution in [0.1, 0.15) is 6.92 Å². The number of aromatic nitrogens is 7. The SMILES string of the molecule is CCn1cnc2c(-c3ccncc3)nc(-c3cccc(-c4nn(C)cc4Br)c3)nc21. The van der Waals surface area contributed by atoms with Gasteiger partial charge in [0.2, 0.25) is 0 Å². The maximum absolute atomic E-state index is 4.90. The Labute approximate surface area is 181 Å². The second-order valence-corrected chi connectivity index (χ2v) is 7.77. The molecular weight excluding hydrogens is 442 g/mol. The summed E-state index contributed by atoms with van der Waals surface area (Å²) in [5.41, 5.74) is 6.17. The van der Waals surface area contributed by atoms with E-state index in [0.29, 0.717) is 5.82 Å². The van der Waals surface area contributed by atoms with E-state index in [-0.39, 0.29) is 0 Å². The minimum atomic E-state index is 0.651. The van der Waals surface area contributed by atoms with Crippen LogP contribution < -0.4 is 0 Å². The summed E-state index contributed by atoms with van der Waals surface area (Å²) >= 11 is 3.59. The van der Waals surface area contributed by atoms with Gasteiger partial charge in [-0.2, -0.15) is 5.10 Å². The van der Waals surface area contributed by atoms with Crippen molar-refractivity contribution in [3.8, 4) is 33.9 Å². The zero-order valence-electron chi connectivity index (χ0n) is 16.5. The van der Waals surface area contributed by atoms with Crippen LogP contribution in [0.4, 0.5) is 0 Å². The third kappa shape index (κ3) is 3.19. The van der Waals surface area contributed by atoms with Gasteiger partial charge in [0.15, 0.2) is 11.5 Å². The van der Waals surface area contributed by atoms with E-state index in [4.69, 9.17) is 9.97 Å². The molecule has 4 heterocycles. The lowest BCUT2D eigenvalue weighted by Gasteiger charge is -2.08. The normalized spacial score (nSPS) is 11.3. The van der Waals surface area contributed by atoms with Crippen molar-refractivity contribution in [2.24, 2.45) is 7.05 Å². The van der Waals surface area contributed by atoms with Gasteiger partial charge in [-0.25, -0.2) is 15.0 Å². The lowest BCUT2D eigenvalue weighted by atomic mass is 10.1. The maximum atomic E-state index is 4.90. The molecule has 0 N–H and O–H groups in total. The highest BCUT2D eigenvalue weighted by Gasteiger charge is 2.16. The van der Waals surface area contributed by atoms with Gasteiger partial charge in [-0.1, -0.05) is 18.2 Å². The van der Waals surface area contributed by atoms with Crippen molar-refractivity contribution < 1.29 is 0 Å². The van der Waals surface area contributed by atoms with Crippen molar-refractivity contribution in [1.29, 1.82) is 0 Å². The molecule has 0 saturated carbocycles. The summed E-state index contributed by atoms with van der Waals surface area (Å²) in [6, 6.07) is 12.0. The van der Waals surface area contributed by atoms with Crippen molar-refractivity contribution in [2.75, 3.05) is 0 Å². The summed E-state index contributed by atoms with van der Waals surface area (Å²) in [4.78, 5) is 18.5. The Balaban J connectivity index is 1.72. The Morgan fingerprint density at radius 3 is 2.50 bits per heavy atom. The number of hydrogen-bond donors (Lipinski definition) is 0. The summed E-state index contributed by atoms with van der Waals surface area (Å²) < 4.78 is 4.76. The second-order valence-electron chi connectivity index (χ2n) is 6.91. The van der Waals surface area contributed by atoms with Gasteiger partial charge in [0.25, 0.3) is 0 Å². The number of hydrogen-bond acceptors (Lipinski definition) is 5. The van der Waals surface area contributed by atoms with Crippen molar-refractivity contribution in [2.45, 2.75) is 13.5 Å². The average molecular weight is 460 g/mol. The molecule has 0 atom stereocenters. The average Bonchev–Trinajstić information content (AvgIpc) is 3.35. The third-order valence-corrected chi connectivity index (χ3v) is 5.52. The highest BCUT2D eigenvalue weighted by Crippen LogP contribution is 2.31. The zero-order chi connectivity index (χ0) is 20.7. The zero-order valence-corrected chi connectivity index (χ0v) is 18.1. The minimum Gasteiger partial charge on any atom is -0.315 e. The van der Waals surface area contributed by atoms with Crippen molar-refractivity contribution in [3.63, 3.8) is 0 Å². The predicted octanol–water partition coefficient (Wildman–Crippen LogP) is 4.74. The van der Waals surface area contributed by atoms with Gasteiger partial charge in [0, 0.05) is 48.9 Å². The molecular formula is C22H18BrN7. The van der Waals surface area contributed by atoms with Crippen LogP contribution in [0.15, 0.2) is 65.8 Å². The molecule has 8 heteroatoms. The molecule has 148 valence electrons. The van der Waals surface area contributed by atoms with Crippen LogP contribution in [-0.2, 0) is 13.6 Å². The number of imidazole rings is 1. The van der Waals surface area contributed by atoms with Crippen molar-refractivity contribution in [3.05, 3.63) is 65.8 Å². The number of pyridine rings is 1. The molecule has 5 rings (SSSR count). The van der Waals surface area contributed by atoms with Gasteiger partial charge in [0.1, 0.15) is 16.9 Å². The third-order valence-electron chi connectivity index (χ3n) is 4.94. The van der Waals surface area contributed by atoms with Crippen LogP contribution in [-0.4, -0.2) is 34.3 Å². The number of rotatable bonds is 4. The van der Waals surface area contributed by atoms with Crippen LogP contribution in [0.25, 0.3) is 45.1 Å². The van der Waals surface area contributed by atoms with Gasteiger partial charge in [-0.15, -0.1) is 0 Å². The van der Waals surface area contributed by atoms with Crippen LogP contribution in [0, 0.1) is 0 Å². The smallest absolute Gasteiger partial charge is 0.164 e. The molecule has 1 aromatic carbocycles. The summed E-state index contributed by atoms with van der Waals surface area (Å²) in [6.45, 7) is 2.86. The Morgan fingerprint density at radius 1 is 0.967 bits per heavy atom. The molecule has 0 aliphatic carbocycles. The molecule has 7 nitrogen and oxygen atoms in total. The number of nitrogens with zero attached hydrogens (tertiary/aromatic N) is 7. The van der Waals surface area contributed by atoms with Gasteiger partial charge < -0.3 is 4.57 Å². The first-order valence-electron chi connectivity index (χ1n) is 9.57. The van der Waals surface area contributed by atoms with E-state index < -0.39 is 0 Å². The molecule has 0 radical (unpaired) electrons. The molecule has 5 aromatic rings. The maximum Gasteiger partial charge on any atom is 0.164 e. The molecule has 0 spiro atoms. The van der Waals surface area contributed by atoms with Gasteiger partial charge in [-0.3, -0.25) is 9.67 Å². The number of fused-ring (bicyclic) bond motifs is 1. The first kappa shape index (κ1) is 18.6. The Kier molecular flexibility index (Phi) is 4.63. The fraction of sp³-hybridized carbons (Fsp3) is 0.136. The lowest BCUT2D eigenvalue weighted by Crippen LogP contribution is -1.99. The van der Waals surface area contributed by atoms with E-state index in [1.165, 1.54) is 0 Å². The van der Waals surface area contributed by atoms with Gasteiger partial charge >= 0.3 is 0 Å². The van der Waals surface area contributed by atoms with Crippen LogP contribution in [0.5, 0.6) is 0 Å². The van der Waals surface area contributed by atoms with E-state index in [9.17, 15) is 0 Å². The predicted molar refractivity (Wildman–Crippen MR) is 120 cm³/mol. The van der Waals surface area contributed by atoms with Crippen molar-refractivity contribution in [1.82, 2.24) is 34.3 Å². The first-order valence-corrected chi connectivity index (χ1v) is 10.4. The van der Waals surface area contributed by atoms with E-state index in [0.717, 1.165) is 50.3 Å². The molecule has 0 fully saturated rings. The molecule has 0 aliphatic rings. The second kappa shape index (κ2) is 7.46. The standard InChI is InChI=1S/C22H18BrN7/c1-3-30-13-25-20-19(14-7-9-24-10-8-14)26-21(27-22(20)30)16-6-4-5-15(11-16)18-17(23)12-29(2)28-18/h4-13H,3H2,1-2H3. The fourth-order valence-corrected chi connectivity index (χ4v) is 4.08. The van der Waals surface area contributed by atoms with E-state index >= 15 is 0 Å². The topological polar surface area (TPSA) is 74.3 Å². The quantitative estimate of drug-likeness (QED) is 0.388. The van der Waals surface area contributed by atoms with Crippen LogP contribution in [0.3, 0.4) is 0 Å². The van der Waals surface area contributed by atoms with E-state index in [1.807, 2.05) is 54.5 Å². The summed E-state index contributed by atoms with van der Waals surface area (Å²) in [5, 5.41) is 4.56. The number of benzene rings is 1. The molecule has 0 aliphatic heterocycles. The lowest BCUT2D eigenvalue weighted by molar-refractivity contribution is 0.770. The summed E-state index contributed by atoms with van der Waals surface area (Å²) in [7, 11) is 1.90. The van der Waals surface area contributed by atoms with Crippen LogP contribution in [0.2, 0.25) is 0 Å². The molecule has 0 unspecified atom stereocenters. The molecule has 4 aromatic heterocycles. The van der Waals surface area contributed by atoms with Crippen molar-refractivity contribution >= 4 is 27.1 Å². The summed E-state index contributed by atoms with van der Waals surface area (Å²) in [6.07, 6.45) is 7.28. The molecule has 0 bridgehead atoms. The fourth-order valence-electron chi connectivity index (χ4n) is 3.48. The number of halogens is 1. The first-order chi connectivity index (χ1) is 14.6. The van der Waals surface area contributed by atoms with Crippen LogP contribution >= 0.6 is 15.9 Å². The Morgan fingerprint density at radius 2 is 1.77 bits per heavy atom. The van der Waals surface area contributed by atoms with E-state index in [1.54, 1.807) is 17.1 Å². The summed E-state index contributed by atoms with van der Waals surface area (Å²) in [5.74, 6) is 0.651.